The van der Waals surface area contributed by atoms with Crippen LogP contribution in [0.2, 0.25) is 0 Å². The third-order valence-corrected chi connectivity index (χ3v) is 4.72. The van der Waals surface area contributed by atoms with Crippen molar-refractivity contribution in [3.63, 3.8) is 0 Å². The van der Waals surface area contributed by atoms with E-state index in [0.29, 0.717) is 18.9 Å². The van der Waals surface area contributed by atoms with Crippen LogP contribution in [0, 0.1) is 0 Å². The summed E-state index contributed by atoms with van der Waals surface area (Å²) in [5, 5.41) is 6.30. The summed E-state index contributed by atoms with van der Waals surface area (Å²) in [5.74, 6) is 2.74. The Hall–Kier alpha value is -1.50. The summed E-state index contributed by atoms with van der Waals surface area (Å²) < 4.78 is 1.95. The molecule has 1 unspecified atom stereocenters. The van der Waals surface area contributed by atoms with Gasteiger partial charge in [-0.05, 0) is 5.56 Å². The number of amides is 1. The minimum absolute atomic E-state index is 0. The first-order valence-electron chi connectivity index (χ1n) is 7.47. The average molecular weight is 353 g/mol. The quantitative estimate of drug-likeness (QED) is 0.867. The van der Waals surface area contributed by atoms with Crippen molar-refractivity contribution in [2.24, 2.45) is 0 Å². The van der Waals surface area contributed by atoms with Crippen molar-refractivity contribution in [1.82, 2.24) is 14.9 Å². The first-order chi connectivity index (χ1) is 10.8. The lowest BCUT2D eigenvalue weighted by Gasteiger charge is -2.22. The molecule has 1 saturated heterocycles. The number of anilines is 1. The molecule has 0 aliphatic carbocycles. The van der Waals surface area contributed by atoms with Crippen LogP contribution < -0.4 is 10.6 Å². The summed E-state index contributed by atoms with van der Waals surface area (Å²) >= 11 is 1.89. The molecule has 1 atom stereocenters. The number of halogens is 1. The van der Waals surface area contributed by atoms with Crippen LogP contribution in [0.5, 0.6) is 0 Å². The van der Waals surface area contributed by atoms with E-state index in [0.717, 1.165) is 18.1 Å². The number of benzene rings is 1. The van der Waals surface area contributed by atoms with Gasteiger partial charge in [0, 0.05) is 42.9 Å². The van der Waals surface area contributed by atoms with E-state index in [1.165, 1.54) is 5.56 Å². The van der Waals surface area contributed by atoms with Gasteiger partial charge in [-0.2, -0.15) is 11.8 Å². The van der Waals surface area contributed by atoms with Gasteiger partial charge >= 0.3 is 0 Å². The number of aromatic nitrogens is 2. The summed E-state index contributed by atoms with van der Waals surface area (Å²) in [6, 6.07) is 10.4. The zero-order valence-corrected chi connectivity index (χ0v) is 14.4. The second-order valence-electron chi connectivity index (χ2n) is 5.34. The van der Waals surface area contributed by atoms with Crippen LogP contribution >= 0.6 is 24.2 Å². The Balaban J connectivity index is 0.00000192. The maximum absolute atomic E-state index is 12.2. The molecule has 2 N–H and O–H groups in total. The number of hydrogen-bond acceptors (Lipinski definition) is 4. The number of carbonyl (C=O) groups is 1. The van der Waals surface area contributed by atoms with Gasteiger partial charge in [-0.25, -0.2) is 4.98 Å². The molecule has 5 nitrogen and oxygen atoms in total. The van der Waals surface area contributed by atoms with Gasteiger partial charge in [-0.1, -0.05) is 30.3 Å². The molecule has 2 aromatic rings. The van der Waals surface area contributed by atoms with Crippen LogP contribution in [0.1, 0.15) is 12.0 Å². The summed E-state index contributed by atoms with van der Waals surface area (Å²) in [5.41, 5.74) is 1.18. The van der Waals surface area contributed by atoms with E-state index < -0.39 is 0 Å². The number of hydrogen-bond donors (Lipinski definition) is 2. The Morgan fingerprint density at radius 3 is 2.96 bits per heavy atom. The maximum Gasteiger partial charge on any atom is 0.228 e. The summed E-state index contributed by atoms with van der Waals surface area (Å²) in [6.45, 7) is 1.68. The molecule has 0 saturated carbocycles. The second-order valence-corrected chi connectivity index (χ2v) is 6.49. The fourth-order valence-electron chi connectivity index (χ4n) is 2.49. The van der Waals surface area contributed by atoms with E-state index in [1.54, 1.807) is 6.20 Å². The Kier molecular flexibility index (Phi) is 6.95. The molecule has 2 heterocycles. The van der Waals surface area contributed by atoms with Crippen LogP contribution in [0.3, 0.4) is 0 Å². The van der Waals surface area contributed by atoms with E-state index in [-0.39, 0.29) is 24.4 Å². The molecule has 1 aromatic heterocycles. The van der Waals surface area contributed by atoms with Crippen LogP contribution in [0.25, 0.3) is 0 Å². The second kappa shape index (κ2) is 8.96. The lowest BCUT2D eigenvalue weighted by atomic mass is 10.2. The number of rotatable bonds is 5. The minimum Gasteiger partial charge on any atom is -0.313 e. The molecule has 3 rings (SSSR count). The smallest absolute Gasteiger partial charge is 0.228 e. The fraction of sp³-hybridized carbons (Fsp3) is 0.375. The highest BCUT2D eigenvalue weighted by atomic mass is 35.5. The van der Waals surface area contributed by atoms with Gasteiger partial charge in [0.05, 0.1) is 6.54 Å². The van der Waals surface area contributed by atoms with Crippen molar-refractivity contribution in [1.29, 1.82) is 0 Å². The SMILES string of the molecule is Cl.O=C(CC1CSCCN1)Nc1nccn1Cc1ccccc1. The molecule has 124 valence electrons. The van der Waals surface area contributed by atoms with Crippen LogP contribution in [0.15, 0.2) is 42.7 Å². The van der Waals surface area contributed by atoms with Gasteiger partial charge in [0.1, 0.15) is 0 Å². The molecule has 1 amide bonds. The van der Waals surface area contributed by atoms with Gasteiger partial charge in [0.25, 0.3) is 0 Å². The van der Waals surface area contributed by atoms with Crippen molar-refractivity contribution in [2.45, 2.75) is 19.0 Å². The highest BCUT2D eigenvalue weighted by Gasteiger charge is 2.17. The van der Waals surface area contributed by atoms with Crippen LogP contribution in [-0.4, -0.2) is 39.6 Å². The molecule has 1 aliphatic rings. The minimum atomic E-state index is 0. The molecular weight excluding hydrogens is 332 g/mol. The summed E-state index contributed by atoms with van der Waals surface area (Å²) in [6.07, 6.45) is 4.09. The predicted molar refractivity (Wildman–Crippen MR) is 97.4 cm³/mol. The number of nitrogens with one attached hydrogen (secondary N) is 2. The number of nitrogens with zero attached hydrogens (tertiary/aromatic N) is 2. The Morgan fingerprint density at radius 1 is 1.39 bits per heavy atom. The van der Waals surface area contributed by atoms with Crippen LogP contribution in [-0.2, 0) is 11.3 Å². The molecule has 23 heavy (non-hydrogen) atoms. The molecule has 1 aromatic carbocycles. The van der Waals surface area contributed by atoms with Crippen molar-refractivity contribution < 1.29 is 4.79 Å². The fourth-order valence-corrected chi connectivity index (χ4v) is 3.44. The molecule has 1 fully saturated rings. The topological polar surface area (TPSA) is 59.0 Å². The van der Waals surface area contributed by atoms with Crippen molar-refractivity contribution in [3.05, 3.63) is 48.3 Å². The van der Waals surface area contributed by atoms with Crippen molar-refractivity contribution in [2.75, 3.05) is 23.4 Å². The van der Waals surface area contributed by atoms with Gasteiger partial charge in [0.2, 0.25) is 11.9 Å². The van der Waals surface area contributed by atoms with Gasteiger partial charge in [-0.3, -0.25) is 10.1 Å². The zero-order chi connectivity index (χ0) is 15.2. The summed E-state index contributed by atoms with van der Waals surface area (Å²) in [4.78, 5) is 16.4. The Morgan fingerprint density at radius 2 is 2.22 bits per heavy atom. The Labute approximate surface area is 146 Å². The van der Waals surface area contributed by atoms with Gasteiger partial charge in [0.15, 0.2) is 0 Å². The lowest BCUT2D eigenvalue weighted by molar-refractivity contribution is -0.116. The van der Waals surface area contributed by atoms with Crippen molar-refractivity contribution in [3.8, 4) is 0 Å². The normalized spacial score (nSPS) is 17.3. The van der Waals surface area contributed by atoms with E-state index >= 15 is 0 Å². The molecule has 0 radical (unpaired) electrons. The molecular formula is C16H21ClN4OS. The third kappa shape index (κ3) is 5.27. The highest BCUT2D eigenvalue weighted by Crippen LogP contribution is 2.13. The molecule has 7 heteroatoms. The number of thioether (sulfide) groups is 1. The summed E-state index contributed by atoms with van der Waals surface area (Å²) in [7, 11) is 0. The van der Waals surface area contributed by atoms with Crippen LogP contribution in [0.4, 0.5) is 5.95 Å². The zero-order valence-electron chi connectivity index (χ0n) is 12.8. The molecule has 0 spiro atoms. The van der Waals surface area contributed by atoms with Gasteiger partial charge < -0.3 is 9.88 Å². The molecule has 1 aliphatic heterocycles. The Bertz CT molecular complexity index is 614. The first kappa shape index (κ1) is 17.8. The monoisotopic (exact) mass is 352 g/mol. The number of carbonyl (C=O) groups excluding carboxylic acids is 1. The highest BCUT2D eigenvalue weighted by molar-refractivity contribution is 7.99. The van der Waals surface area contributed by atoms with E-state index in [1.807, 2.05) is 40.7 Å². The largest absolute Gasteiger partial charge is 0.313 e. The van der Waals surface area contributed by atoms with E-state index in [2.05, 4.69) is 27.8 Å². The standard InChI is InChI=1S/C16H20N4OS.ClH/c21-15(10-14-12-22-9-7-17-14)19-16-18-6-8-20(16)11-13-4-2-1-3-5-13;/h1-6,8,14,17H,7,9-12H2,(H,18,19,21);1H. The maximum atomic E-state index is 12.2. The van der Waals surface area contributed by atoms with Gasteiger partial charge in [-0.15, -0.1) is 12.4 Å². The lowest BCUT2D eigenvalue weighted by Crippen LogP contribution is -2.40. The third-order valence-electron chi connectivity index (χ3n) is 3.59. The predicted octanol–water partition coefficient (Wildman–Crippen LogP) is 2.39. The molecule has 0 bridgehead atoms. The van der Waals surface area contributed by atoms with Crippen molar-refractivity contribution >= 4 is 36.0 Å². The first-order valence-corrected chi connectivity index (χ1v) is 8.63. The number of imidazole rings is 1. The van der Waals surface area contributed by atoms with E-state index in [9.17, 15) is 4.79 Å². The average Bonchev–Trinajstić information content (AvgIpc) is 2.96. The van der Waals surface area contributed by atoms with E-state index in [4.69, 9.17) is 0 Å².